The molecule has 0 aliphatic heterocycles. The Labute approximate surface area is 166 Å². The van der Waals surface area contributed by atoms with Gasteiger partial charge in [0.15, 0.2) is 0 Å². The normalized spacial score (nSPS) is 10.5. The molecule has 0 saturated heterocycles. The largest absolute Gasteiger partial charge is 0.495 e. The van der Waals surface area contributed by atoms with Crippen LogP contribution in [-0.4, -0.2) is 25.1 Å². The average Bonchev–Trinajstić information content (AvgIpc) is 3.09. The Kier molecular flexibility index (Phi) is 6.32. The van der Waals surface area contributed by atoms with Gasteiger partial charge in [0.25, 0.3) is 0 Å². The Morgan fingerprint density at radius 1 is 1.15 bits per heavy atom. The number of hydrogen-bond acceptors (Lipinski definition) is 5. The highest BCUT2D eigenvalue weighted by atomic mass is 35.5. The molecule has 1 heterocycles. The molecule has 0 radical (unpaired) electrons. The highest BCUT2D eigenvalue weighted by Gasteiger charge is 2.14. The highest BCUT2D eigenvalue weighted by Crippen LogP contribution is 2.35. The number of hydrogen-bond donors (Lipinski definition) is 1. The molecule has 1 N–H and O–H groups in total. The molecule has 27 heavy (non-hydrogen) atoms. The predicted molar refractivity (Wildman–Crippen MR) is 108 cm³/mol. The standard InChI is InChI=1S/C20H19ClN2O3S/c1-25-17-11-18(26-2)16(10-15(17)21)23-19(24)9-14-12-27-20(22-14)8-13-6-4-3-5-7-13/h3-7,10-12H,8-9H2,1-2H3,(H,23,24). The zero-order valence-corrected chi connectivity index (χ0v) is 16.6. The Balaban J connectivity index is 1.65. The number of carbonyl (C=O) groups excluding carboxylic acids is 1. The number of ether oxygens (including phenoxy) is 2. The van der Waals surface area contributed by atoms with E-state index in [1.54, 1.807) is 23.5 Å². The minimum absolute atomic E-state index is 0.179. The molecule has 3 rings (SSSR count). The molecule has 140 valence electrons. The summed E-state index contributed by atoms with van der Waals surface area (Å²) in [4.78, 5) is 17.0. The van der Waals surface area contributed by atoms with Crippen LogP contribution >= 0.6 is 22.9 Å². The van der Waals surface area contributed by atoms with Crippen LogP contribution in [0.4, 0.5) is 5.69 Å². The van der Waals surface area contributed by atoms with E-state index < -0.39 is 0 Å². The van der Waals surface area contributed by atoms with E-state index >= 15 is 0 Å². The molecular weight excluding hydrogens is 384 g/mol. The second kappa shape index (κ2) is 8.88. The van der Waals surface area contributed by atoms with Gasteiger partial charge in [-0.15, -0.1) is 11.3 Å². The van der Waals surface area contributed by atoms with Crippen LogP contribution in [0.25, 0.3) is 0 Å². The average molecular weight is 403 g/mol. The van der Waals surface area contributed by atoms with Gasteiger partial charge in [-0.2, -0.15) is 0 Å². The van der Waals surface area contributed by atoms with Gasteiger partial charge in [-0.3, -0.25) is 4.79 Å². The minimum Gasteiger partial charge on any atom is -0.495 e. The number of aromatic nitrogens is 1. The number of rotatable bonds is 7. The summed E-state index contributed by atoms with van der Waals surface area (Å²) in [5.41, 5.74) is 2.43. The zero-order valence-electron chi connectivity index (χ0n) is 15.0. The molecule has 3 aromatic rings. The van der Waals surface area contributed by atoms with Crippen LogP contribution < -0.4 is 14.8 Å². The van der Waals surface area contributed by atoms with Gasteiger partial charge < -0.3 is 14.8 Å². The lowest BCUT2D eigenvalue weighted by Crippen LogP contribution is -2.15. The molecule has 5 nitrogen and oxygen atoms in total. The SMILES string of the molecule is COc1cc(OC)c(NC(=O)Cc2csc(Cc3ccccc3)n2)cc1Cl. The number of amides is 1. The molecule has 0 bridgehead atoms. The maximum Gasteiger partial charge on any atom is 0.230 e. The van der Waals surface area contributed by atoms with E-state index in [0.29, 0.717) is 22.2 Å². The summed E-state index contributed by atoms with van der Waals surface area (Å²) in [6.07, 6.45) is 0.938. The minimum atomic E-state index is -0.189. The molecule has 0 spiro atoms. The van der Waals surface area contributed by atoms with Crippen molar-refractivity contribution < 1.29 is 14.3 Å². The monoisotopic (exact) mass is 402 g/mol. The summed E-state index contributed by atoms with van der Waals surface area (Å²) in [6, 6.07) is 13.4. The van der Waals surface area contributed by atoms with Gasteiger partial charge in [0.05, 0.1) is 42.1 Å². The maximum absolute atomic E-state index is 12.4. The molecule has 0 unspecified atom stereocenters. The van der Waals surface area contributed by atoms with Gasteiger partial charge in [0.2, 0.25) is 5.91 Å². The molecular formula is C20H19ClN2O3S. The third-order valence-corrected chi connectivity index (χ3v) is 5.08. The third kappa shape index (κ3) is 4.99. The fourth-order valence-corrected chi connectivity index (χ4v) is 3.67. The molecule has 0 atom stereocenters. The van der Waals surface area contributed by atoms with Crippen molar-refractivity contribution in [2.45, 2.75) is 12.8 Å². The lowest BCUT2D eigenvalue weighted by molar-refractivity contribution is -0.115. The molecule has 1 amide bonds. The number of nitrogens with one attached hydrogen (secondary N) is 1. The fourth-order valence-electron chi connectivity index (χ4n) is 2.60. The highest BCUT2D eigenvalue weighted by molar-refractivity contribution is 7.09. The van der Waals surface area contributed by atoms with E-state index in [0.717, 1.165) is 17.1 Å². The predicted octanol–water partition coefficient (Wildman–Crippen LogP) is 4.59. The van der Waals surface area contributed by atoms with Crippen LogP contribution in [0.3, 0.4) is 0 Å². The molecule has 0 aliphatic carbocycles. The summed E-state index contributed by atoms with van der Waals surface area (Å²) in [7, 11) is 3.04. The number of halogens is 1. The van der Waals surface area contributed by atoms with E-state index in [2.05, 4.69) is 22.4 Å². The van der Waals surface area contributed by atoms with E-state index in [1.807, 2.05) is 23.6 Å². The number of methoxy groups -OCH3 is 2. The van der Waals surface area contributed by atoms with Crippen molar-refractivity contribution in [3.8, 4) is 11.5 Å². The van der Waals surface area contributed by atoms with Crippen LogP contribution in [0.5, 0.6) is 11.5 Å². The van der Waals surface area contributed by atoms with Crippen molar-refractivity contribution in [3.05, 3.63) is 69.1 Å². The van der Waals surface area contributed by atoms with Crippen molar-refractivity contribution in [1.29, 1.82) is 0 Å². The van der Waals surface area contributed by atoms with Gasteiger partial charge >= 0.3 is 0 Å². The summed E-state index contributed by atoms with van der Waals surface area (Å²) >= 11 is 7.69. The van der Waals surface area contributed by atoms with Crippen LogP contribution in [0.15, 0.2) is 47.8 Å². The Morgan fingerprint density at radius 2 is 1.89 bits per heavy atom. The van der Waals surface area contributed by atoms with Gasteiger partial charge in [-0.25, -0.2) is 4.98 Å². The Hall–Kier alpha value is -2.57. The topological polar surface area (TPSA) is 60.5 Å². The summed E-state index contributed by atoms with van der Waals surface area (Å²) in [5, 5.41) is 6.11. The van der Waals surface area contributed by atoms with Gasteiger partial charge in [0, 0.05) is 17.9 Å². The van der Waals surface area contributed by atoms with Gasteiger partial charge in [0.1, 0.15) is 11.5 Å². The fraction of sp³-hybridized carbons (Fsp3) is 0.200. The molecule has 2 aromatic carbocycles. The van der Waals surface area contributed by atoms with Crippen molar-refractivity contribution in [2.24, 2.45) is 0 Å². The number of thiazole rings is 1. The van der Waals surface area contributed by atoms with E-state index in [4.69, 9.17) is 21.1 Å². The summed E-state index contributed by atoms with van der Waals surface area (Å²) < 4.78 is 10.5. The summed E-state index contributed by atoms with van der Waals surface area (Å²) in [5.74, 6) is 0.773. The molecule has 1 aromatic heterocycles. The lowest BCUT2D eigenvalue weighted by Gasteiger charge is -2.12. The first-order valence-electron chi connectivity index (χ1n) is 8.27. The van der Waals surface area contributed by atoms with Crippen molar-refractivity contribution in [1.82, 2.24) is 4.98 Å². The Bertz CT molecular complexity index is 928. The molecule has 0 fully saturated rings. The molecule has 0 aliphatic rings. The Morgan fingerprint density at radius 3 is 2.59 bits per heavy atom. The first kappa shape index (κ1) is 19.2. The van der Waals surface area contributed by atoms with Crippen LogP contribution in [0, 0.1) is 0 Å². The third-order valence-electron chi connectivity index (χ3n) is 3.89. The van der Waals surface area contributed by atoms with E-state index in [1.165, 1.54) is 19.8 Å². The maximum atomic E-state index is 12.4. The van der Waals surface area contributed by atoms with Crippen LogP contribution in [-0.2, 0) is 17.6 Å². The van der Waals surface area contributed by atoms with Crippen LogP contribution in [0.2, 0.25) is 5.02 Å². The number of anilines is 1. The summed E-state index contributed by atoms with van der Waals surface area (Å²) in [6.45, 7) is 0. The number of nitrogens with zero attached hydrogens (tertiary/aromatic N) is 1. The quantitative estimate of drug-likeness (QED) is 0.628. The van der Waals surface area contributed by atoms with Gasteiger partial charge in [-0.05, 0) is 11.6 Å². The molecule has 7 heteroatoms. The smallest absolute Gasteiger partial charge is 0.230 e. The number of benzene rings is 2. The van der Waals surface area contributed by atoms with Crippen LogP contribution in [0.1, 0.15) is 16.3 Å². The van der Waals surface area contributed by atoms with Crippen molar-refractivity contribution >= 4 is 34.5 Å². The lowest BCUT2D eigenvalue weighted by atomic mass is 10.2. The van der Waals surface area contributed by atoms with E-state index in [-0.39, 0.29) is 12.3 Å². The van der Waals surface area contributed by atoms with E-state index in [9.17, 15) is 4.79 Å². The first-order chi connectivity index (χ1) is 13.1. The van der Waals surface area contributed by atoms with Crippen molar-refractivity contribution in [2.75, 3.05) is 19.5 Å². The second-order valence-electron chi connectivity index (χ2n) is 5.81. The second-order valence-corrected chi connectivity index (χ2v) is 7.16. The number of carbonyl (C=O) groups is 1. The first-order valence-corrected chi connectivity index (χ1v) is 9.53. The zero-order chi connectivity index (χ0) is 19.2. The van der Waals surface area contributed by atoms with Crippen molar-refractivity contribution in [3.63, 3.8) is 0 Å². The van der Waals surface area contributed by atoms with Gasteiger partial charge in [-0.1, -0.05) is 41.9 Å². The molecule has 0 saturated carbocycles.